The molecule has 3 aromatic rings. The summed E-state index contributed by atoms with van der Waals surface area (Å²) < 4.78 is 5.33. The molecule has 1 saturated heterocycles. The van der Waals surface area contributed by atoms with E-state index in [-0.39, 0.29) is 11.9 Å². The van der Waals surface area contributed by atoms with Crippen molar-refractivity contribution in [2.24, 2.45) is 0 Å². The third-order valence-electron chi connectivity index (χ3n) is 5.78. The van der Waals surface area contributed by atoms with Crippen molar-refractivity contribution in [2.45, 2.75) is 18.9 Å². The number of hydrogen-bond acceptors (Lipinski definition) is 4. The van der Waals surface area contributed by atoms with Gasteiger partial charge in [0.1, 0.15) is 11.8 Å². The van der Waals surface area contributed by atoms with E-state index in [1.807, 2.05) is 41.4 Å². The minimum absolute atomic E-state index is 0.0943. The molecule has 1 unspecified atom stereocenters. The summed E-state index contributed by atoms with van der Waals surface area (Å²) in [5.74, 6) is 1.05. The minimum atomic E-state index is -0.0943. The molecular weight excluding hydrogens is 352 g/mol. The summed E-state index contributed by atoms with van der Waals surface area (Å²) in [7, 11) is 1.69. The van der Waals surface area contributed by atoms with Crippen LogP contribution in [0.4, 0.5) is 11.4 Å². The maximum absolute atomic E-state index is 13.2. The number of ether oxygens (including phenoxy) is 1. The Morgan fingerprint density at radius 2 is 1.96 bits per heavy atom. The van der Waals surface area contributed by atoms with Crippen LogP contribution in [0.2, 0.25) is 0 Å². The number of aromatic nitrogens is 2. The molecular formula is C22H22N4O2. The number of rotatable bonds is 4. The summed E-state index contributed by atoms with van der Waals surface area (Å²) in [6, 6.07) is 14.2. The van der Waals surface area contributed by atoms with Crippen molar-refractivity contribution in [3.05, 3.63) is 60.4 Å². The first-order chi connectivity index (χ1) is 13.7. The molecule has 6 nitrogen and oxygen atoms in total. The van der Waals surface area contributed by atoms with E-state index < -0.39 is 0 Å². The van der Waals surface area contributed by atoms with Crippen LogP contribution in [-0.4, -0.2) is 42.3 Å². The van der Waals surface area contributed by atoms with E-state index in [1.165, 1.54) is 5.56 Å². The highest BCUT2D eigenvalue weighted by Gasteiger charge is 2.39. The highest BCUT2D eigenvalue weighted by atomic mass is 16.5. The van der Waals surface area contributed by atoms with Gasteiger partial charge in [-0.2, -0.15) is 5.10 Å². The number of carbonyl (C=O) groups is 1. The van der Waals surface area contributed by atoms with Gasteiger partial charge in [-0.25, -0.2) is 0 Å². The van der Waals surface area contributed by atoms with Gasteiger partial charge in [0.15, 0.2) is 0 Å². The normalized spacial score (nSPS) is 18.6. The number of benzene rings is 2. The Morgan fingerprint density at radius 3 is 2.71 bits per heavy atom. The Kier molecular flexibility index (Phi) is 4.04. The molecule has 5 rings (SSSR count). The Hall–Kier alpha value is -3.28. The van der Waals surface area contributed by atoms with E-state index >= 15 is 0 Å². The quantitative estimate of drug-likeness (QED) is 0.762. The van der Waals surface area contributed by atoms with Crippen LogP contribution in [0.1, 0.15) is 12.0 Å². The van der Waals surface area contributed by atoms with Gasteiger partial charge in [0.2, 0.25) is 5.91 Å². The second-order valence-electron chi connectivity index (χ2n) is 7.27. The van der Waals surface area contributed by atoms with Crippen LogP contribution >= 0.6 is 0 Å². The lowest BCUT2D eigenvalue weighted by molar-refractivity contribution is -0.118. The molecule has 0 saturated carbocycles. The minimum Gasteiger partial charge on any atom is -0.497 e. The summed E-state index contributed by atoms with van der Waals surface area (Å²) in [5.41, 5.74) is 5.50. The van der Waals surface area contributed by atoms with Gasteiger partial charge in [-0.3, -0.25) is 9.89 Å². The molecule has 1 N–H and O–H groups in total. The largest absolute Gasteiger partial charge is 0.497 e. The molecule has 2 aromatic carbocycles. The molecule has 0 aliphatic carbocycles. The zero-order valence-corrected chi connectivity index (χ0v) is 15.8. The maximum atomic E-state index is 13.2. The average molecular weight is 374 g/mol. The Morgan fingerprint density at radius 1 is 1.11 bits per heavy atom. The van der Waals surface area contributed by atoms with E-state index in [2.05, 4.69) is 27.2 Å². The van der Waals surface area contributed by atoms with Crippen molar-refractivity contribution in [3.8, 4) is 16.9 Å². The summed E-state index contributed by atoms with van der Waals surface area (Å²) in [6.07, 6.45) is 5.46. The van der Waals surface area contributed by atoms with Crippen LogP contribution in [0.25, 0.3) is 11.1 Å². The van der Waals surface area contributed by atoms with Crippen molar-refractivity contribution >= 4 is 17.3 Å². The number of carbonyl (C=O) groups excluding carboxylic acids is 1. The smallest absolute Gasteiger partial charge is 0.249 e. The van der Waals surface area contributed by atoms with Gasteiger partial charge in [-0.1, -0.05) is 12.1 Å². The van der Waals surface area contributed by atoms with Crippen LogP contribution in [0.15, 0.2) is 54.9 Å². The number of H-pyrrole nitrogens is 1. The molecule has 1 fully saturated rings. The van der Waals surface area contributed by atoms with Gasteiger partial charge in [0.25, 0.3) is 0 Å². The molecule has 28 heavy (non-hydrogen) atoms. The molecule has 1 aromatic heterocycles. The monoisotopic (exact) mass is 374 g/mol. The second-order valence-corrected chi connectivity index (χ2v) is 7.27. The molecule has 1 amide bonds. The van der Waals surface area contributed by atoms with Crippen LogP contribution in [-0.2, 0) is 11.2 Å². The number of fused-ring (bicyclic) bond motifs is 1. The lowest BCUT2D eigenvalue weighted by Crippen LogP contribution is -2.41. The van der Waals surface area contributed by atoms with E-state index in [4.69, 9.17) is 4.74 Å². The fourth-order valence-corrected chi connectivity index (χ4v) is 4.31. The molecule has 0 spiro atoms. The number of nitrogens with one attached hydrogen (secondary N) is 1. The second kappa shape index (κ2) is 6.71. The fraction of sp³-hybridized carbons (Fsp3) is 0.273. The highest BCUT2D eigenvalue weighted by molar-refractivity contribution is 6.01. The third kappa shape index (κ3) is 2.72. The third-order valence-corrected chi connectivity index (χ3v) is 5.78. The molecule has 0 radical (unpaired) electrons. The Labute approximate surface area is 163 Å². The van der Waals surface area contributed by atoms with E-state index in [0.29, 0.717) is 0 Å². The van der Waals surface area contributed by atoms with Gasteiger partial charge in [-0.05, 0) is 54.3 Å². The number of amides is 1. The van der Waals surface area contributed by atoms with Gasteiger partial charge in [0.05, 0.1) is 13.3 Å². The number of hydrogen-bond donors (Lipinski definition) is 1. The first-order valence-electron chi connectivity index (χ1n) is 9.59. The molecule has 142 valence electrons. The number of nitrogens with zero attached hydrogens (tertiary/aromatic N) is 3. The van der Waals surface area contributed by atoms with E-state index in [0.717, 1.165) is 54.2 Å². The van der Waals surface area contributed by atoms with Crippen molar-refractivity contribution in [3.63, 3.8) is 0 Å². The number of methoxy groups -OCH3 is 1. The molecule has 2 aliphatic rings. The van der Waals surface area contributed by atoms with Crippen LogP contribution in [0.5, 0.6) is 5.75 Å². The first-order valence-corrected chi connectivity index (χ1v) is 9.59. The molecule has 0 bridgehead atoms. The number of aromatic amines is 1. The van der Waals surface area contributed by atoms with Gasteiger partial charge >= 0.3 is 0 Å². The zero-order chi connectivity index (χ0) is 19.1. The first kappa shape index (κ1) is 16.9. The van der Waals surface area contributed by atoms with E-state index in [1.54, 1.807) is 13.3 Å². The maximum Gasteiger partial charge on any atom is 0.249 e. The summed E-state index contributed by atoms with van der Waals surface area (Å²) in [5, 5.41) is 6.82. The van der Waals surface area contributed by atoms with E-state index in [9.17, 15) is 4.79 Å². The SMILES string of the molecule is COc1ccc2c(c1)CCN2C1CCN(c2ccc(-c3cn[nH]c3)cc2)C1=O. The Balaban J connectivity index is 1.35. The predicted octanol–water partition coefficient (Wildman–Crippen LogP) is 3.25. The van der Waals surface area contributed by atoms with Crippen molar-refractivity contribution in [2.75, 3.05) is 30.0 Å². The van der Waals surface area contributed by atoms with Gasteiger partial charge in [0, 0.05) is 36.2 Å². The van der Waals surface area contributed by atoms with Crippen molar-refractivity contribution in [1.29, 1.82) is 0 Å². The average Bonchev–Trinajstić information content (AvgIpc) is 3.47. The Bertz CT molecular complexity index is 998. The van der Waals surface area contributed by atoms with Crippen LogP contribution < -0.4 is 14.5 Å². The lowest BCUT2D eigenvalue weighted by atomic mass is 10.1. The lowest BCUT2D eigenvalue weighted by Gasteiger charge is -2.26. The van der Waals surface area contributed by atoms with Crippen LogP contribution in [0, 0.1) is 0 Å². The standard InChI is InChI=1S/C22H22N4O2/c1-28-19-6-7-20-16(12-19)8-10-26(20)21-9-11-25(22(21)27)18-4-2-15(3-5-18)17-13-23-24-14-17/h2-7,12-14,21H,8-11H2,1H3,(H,23,24). The predicted molar refractivity (Wildman–Crippen MR) is 109 cm³/mol. The zero-order valence-electron chi connectivity index (χ0n) is 15.8. The van der Waals surface area contributed by atoms with Gasteiger partial charge < -0.3 is 14.5 Å². The van der Waals surface area contributed by atoms with Gasteiger partial charge in [-0.15, -0.1) is 0 Å². The summed E-state index contributed by atoms with van der Waals surface area (Å²) >= 11 is 0. The fourth-order valence-electron chi connectivity index (χ4n) is 4.31. The van der Waals surface area contributed by atoms with Crippen molar-refractivity contribution < 1.29 is 9.53 Å². The summed E-state index contributed by atoms with van der Waals surface area (Å²) in [4.78, 5) is 17.4. The molecule has 3 heterocycles. The molecule has 1 atom stereocenters. The molecule has 6 heteroatoms. The van der Waals surface area contributed by atoms with Crippen LogP contribution in [0.3, 0.4) is 0 Å². The summed E-state index contributed by atoms with van der Waals surface area (Å²) in [6.45, 7) is 1.63. The topological polar surface area (TPSA) is 61.5 Å². The highest BCUT2D eigenvalue weighted by Crippen LogP contribution is 2.36. The van der Waals surface area contributed by atoms with Crippen molar-refractivity contribution in [1.82, 2.24) is 10.2 Å². The number of anilines is 2. The molecule has 2 aliphatic heterocycles.